The van der Waals surface area contributed by atoms with Crippen LogP contribution in [0, 0.1) is 10.1 Å². The van der Waals surface area contributed by atoms with Crippen molar-refractivity contribution < 1.29 is 28.1 Å². The van der Waals surface area contributed by atoms with E-state index in [2.05, 4.69) is 10.2 Å². The smallest absolute Gasteiger partial charge is 0.325 e. The van der Waals surface area contributed by atoms with E-state index in [1.54, 1.807) is 6.07 Å². The first-order valence-corrected chi connectivity index (χ1v) is 13.2. The van der Waals surface area contributed by atoms with Crippen molar-refractivity contribution in [2.45, 2.75) is 56.4 Å². The number of nitro groups is 1. The molecule has 0 fully saturated rings. The molecule has 0 radical (unpaired) electrons. The van der Waals surface area contributed by atoms with Crippen molar-refractivity contribution in [3.8, 4) is 11.7 Å². The molecule has 2 N–H and O–H groups in total. The average Bonchev–Trinajstić information content (AvgIpc) is 3.39. The van der Waals surface area contributed by atoms with Crippen LogP contribution in [-0.4, -0.2) is 31.1 Å². The number of aryl methyl sites for hydroxylation is 2. The maximum atomic E-state index is 11.0. The van der Waals surface area contributed by atoms with Gasteiger partial charge in [-0.2, -0.15) is 0 Å². The van der Waals surface area contributed by atoms with E-state index < -0.39 is 12.5 Å². The lowest BCUT2D eigenvalue weighted by Crippen LogP contribution is -1.92. The largest absolute Gasteiger partial charge is 0.456 e. The zero-order valence-corrected chi connectivity index (χ0v) is 20.1. The Bertz CT molecular complexity index is 1140. The van der Waals surface area contributed by atoms with Gasteiger partial charge < -0.3 is 18.6 Å². The van der Waals surface area contributed by atoms with Gasteiger partial charge in [-0.15, -0.1) is 10.2 Å². The molecular formula is C21H26N3O7PS. The van der Waals surface area contributed by atoms with Crippen molar-refractivity contribution >= 4 is 25.0 Å². The van der Waals surface area contributed by atoms with E-state index in [0.29, 0.717) is 36.7 Å². The third kappa shape index (κ3) is 7.26. The van der Waals surface area contributed by atoms with E-state index in [0.717, 1.165) is 23.3 Å². The lowest BCUT2D eigenvalue weighted by molar-refractivity contribution is -0.384. The van der Waals surface area contributed by atoms with Gasteiger partial charge in [-0.25, -0.2) is 0 Å². The van der Waals surface area contributed by atoms with Crippen LogP contribution in [-0.2, 0) is 17.4 Å². The van der Waals surface area contributed by atoms with E-state index in [1.165, 1.54) is 23.9 Å². The van der Waals surface area contributed by atoms with E-state index >= 15 is 0 Å². The third-order valence-corrected chi connectivity index (χ3v) is 6.93. The Morgan fingerprint density at radius 3 is 2.67 bits per heavy atom. The lowest BCUT2D eigenvalue weighted by Gasteiger charge is -2.08. The summed E-state index contributed by atoms with van der Waals surface area (Å²) in [6, 6.07) is 8.39. The molecule has 3 rings (SSSR count). The molecule has 0 saturated carbocycles. The summed E-state index contributed by atoms with van der Waals surface area (Å²) in [7, 11) is -3.94. The van der Waals surface area contributed by atoms with Crippen molar-refractivity contribution in [2.24, 2.45) is 0 Å². The van der Waals surface area contributed by atoms with Crippen molar-refractivity contribution in [2.75, 3.05) is 6.16 Å². The Balaban J connectivity index is 1.64. The zero-order chi connectivity index (χ0) is 24.0. The number of rotatable bonds is 12. The van der Waals surface area contributed by atoms with Gasteiger partial charge >= 0.3 is 7.60 Å². The first-order valence-electron chi connectivity index (χ1n) is 10.6. The molecule has 1 unspecified atom stereocenters. The quantitative estimate of drug-likeness (QED) is 0.108. The second-order valence-electron chi connectivity index (χ2n) is 7.60. The molecule has 0 bridgehead atoms. The standard InChI is InChI=1S/C21H26N3O7PS/c1-3-15-13-18(10-5-4-6-11-32(27,28)29)30-19(15)20-22-23-21(31-20)33-14(2)16-8-7-9-17(12-16)24(25)26/h7-9,12-14H,3-6,10-11H2,1-2H3,(H2,27,28,29). The molecular weight excluding hydrogens is 469 g/mol. The monoisotopic (exact) mass is 495 g/mol. The van der Waals surface area contributed by atoms with Crippen molar-refractivity contribution in [1.29, 1.82) is 0 Å². The van der Waals surface area contributed by atoms with Crippen LogP contribution in [0.4, 0.5) is 5.69 Å². The SMILES string of the molecule is CCc1cc(CCCCCP(=O)(O)O)oc1-c1nnc(SC(C)c2cccc([N+](=O)[O-])c2)o1. The van der Waals surface area contributed by atoms with E-state index in [1.807, 2.05) is 26.0 Å². The van der Waals surface area contributed by atoms with Crippen molar-refractivity contribution in [1.82, 2.24) is 10.2 Å². The molecule has 10 nitrogen and oxygen atoms in total. The van der Waals surface area contributed by atoms with Gasteiger partial charge in [0.25, 0.3) is 16.8 Å². The van der Waals surface area contributed by atoms with Crippen LogP contribution in [0.5, 0.6) is 0 Å². The highest BCUT2D eigenvalue weighted by atomic mass is 32.2. The molecule has 0 aliphatic carbocycles. The zero-order valence-electron chi connectivity index (χ0n) is 18.3. The first kappa shape index (κ1) is 25.2. The molecule has 1 atom stereocenters. The van der Waals surface area contributed by atoms with Crippen LogP contribution in [0.1, 0.15) is 55.2 Å². The number of nitrogens with zero attached hydrogens (tertiary/aromatic N) is 3. The molecule has 33 heavy (non-hydrogen) atoms. The van der Waals surface area contributed by atoms with Gasteiger partial charge in [0.15, 0.2) is 5.76 Å². The number of nitro benzene ring substituents is 1. The number of non-ortho nitro benzene ring substituents is 1. The third-order valence-electron chi connectivity index (χ3n) is 5.04. The van der Waals surface area contributed by atoms with Gasteiger partial charge in [0, 0.05) is 35.5 Å². The van der Waals surface area contributed by atoms with Gasteiger partial charge in [-0.1, -0.05) is 37.2 Å². The van der Waals surface area contributed by atoms with Crippen LogP contribution in [0.25, 0.3) is 11.7 Å². The molecule has 1 aromatic carbocycles. The minimum Gasteiger partial charge on any atom is -0.456 e. The van der Waals surface area contributed by atoms with Crippen LogP contribution < -0.4 is 0 Å². The Hall–Kier alpha value is -2.46. The van der Waals surface area contributed by atoms with Gasteiger partial charge in [-0.3, -0.25) is 14.7 Å². The second-order valence-corrected chi connectivity index (χ2v) is 10.7. The number of furan rings is 1. The molecule has 0 amide bonds. The molecule has 0 aliphatic rings. The van der Waals surface area contributed by atoms with E-state index in [9.17, 15) is 14.7 Å². The predicted molar refractivity (Wildman–Crippen MR) is 123 cm³/mol. The summed E-state index contributed by atoms with van der Waals surface area (Å²) in [4.78, 5) is 28.4. The molecule has 0 saturated heterocycles. The summed E-state index contributed by atoms with van der Waals surface area (Å²) in [6.45, 7) is 3.90. The summed E-state index contributed by atoms with van der Waals surface area (Å²) in [5, 5.41) is 19.4. The van der Waals surface area contributed by atoms with E-state index in [4.69, 9.17) is 18.6 Å². The molecule has 2 heterocycles. The van der Waals surface area contributed by atoms with Crippen molar-refractivity contribution in [3.05, 3.63) is 57.3 Å². The Morgan fingerprint density at radius 2 is 1.97 bits per heavy atom. The normalized spacial score (nSPS) is 12.7. The van der Waals surface area contributed by atoms with Crippen LogP contribution in [0.15, 0.2) is 44.4 Å². The van der Waals surface area contributed by atoms with Crippen LogP contribution >= 0.6 is 19.4 Å². The van der Waals surface area contributed by atoms with Gasteiger partial charge in [-0.05, 0) is 37.8 Å². The van der Waals surface area contributed by atoms with Gasteiger partial charge in [0.05, 0.1) is 4.92 Å². The van der Waals surface area contributed by atoms with Crippen LogP contribution in [0.3, 0.4) is 0 Å². The Morgan fingerprint density at radius 1 is 1.18 bits per heavy atom. The average molecular weight is 495 g/mol. The molecule has 0 spiro atoms. The maximum Gasteiger partial charge on any atom is 0.325 e. The Kier molecular flexibility index (Phi) is 8.47. The highest BCUT2D eigenvalue weighted by molar-refractivity contribution is 7.99. The minimum absolute atomic E-state index is 0.0311. The first-order chi connectivity index (χ1) is 15.7. The summed E-state index contributed by atoms with van der Waals surface area (Å²) in [5.41, 5.74) is 1.75. The fraction of sp³-hybridized carbons (Fsp3) is 0.429. The van der Waals surface area contributed by atoms with Gasteiger partial charge in [0.1, 0.15) is 5.76 Å². The minimum atomic E-state index is -3.94. The lowest BCUT2D eigenvalue weighted by atomic mass is 10.1. The number of hydrogen-bond donors (Lipinski definition) is 2. The van der Waals surface area contributed by atoms with Crippen LogP contribution in [0.2, 0.25) is 0 Å². The molecule has 12 heteroatoms. The van der Waals surface area contributed by atoms with E-state index in [-0.39, 0.29) is 23.0 Å². The van der Waals surface area contributed by atoms with Gasteiger partial charge in [0.2, 0.25) is 0 Å². The summed E-state index contributed by atoms with van der Waals surface area (Å²) in [6.07, 6.45) is 3.17. The number of aromatic nitrogens is 2. The summed E-state index contributed by atoms with van der Waals surface area (Å²) >= 11 is 1.31. The fourth-order valence-corrected chi connectivity index (χ4v) is 4.74. The summed E-state index contributed by atoms with van der Waals surface area (Å²) < 4.78 is 22.7. The number of unbranched alkanes of at least 4 members (excludes halogenated alkanes) is 2. The highest BCUT2D eigenvalue weighted by Crippen LogP contribution is 2.38. The second kappa shape index (κ2) is 11.1. The molecule has 0 aliphatic heterocycles. The number of benzene rings is 1. The summed E-state index contributed by atoms with van der Waals surface area (Å²) in [5.74, 6) is 1.55. The number of hydrogen-bond acceptors (Lipinski definition) is 8. The number of thioether (sulfide) groups is 1. The molecule has 2 aromatic heterocycles. The molecule has 3 aromatic rings. The topological polar surface area (TPSA) is 153 Å². The molecule has 178 valence electrons. The maximum absolute atomic E-state index is 11.0. The Labute approximate surface area is 195 Å². The highest BCUT2D eigenvalue weighted by Gasteiger charge is 2.21. The van der Waals surface area contributed by atoms with Crippen molar-refractivity contribution in [3.63, 3.8) is 0 Å². The fourth-order valence-electron chi connectivity index (χ4n) is 3.31. The predicted octanol–water partition coefficient (Wildman–Crippen LogP) is 5.54.